The standard InChI is InChI=1S/C20H20BrNO4/c1-25-17-10-9-15(13-16(17)21)20(24)26-18(14-7-3-2-4-8-14)19(23)22-11-5-6-12-22/h2-4,7-10,13,18H,5-6,11-12H2,1H3/t18-/m1/s1. The van der Waals surface area contributed by atoms with Gasteiger partial charge in [0.25, 0.3) is 5.91 Å². The van der Waals surface area contributed by atoms with Crippen LogP contribution in [0.15, 0.2) is 53.0 Å². The van der Waals surface area contributed by atoms with Crippen LogP contribution in [0.3, 0.4) is 0 Å². The lowest BCUT2D eigenvalue weighted by molar-refractivity contribution is -0.140. The van der Waals surface area contributed by atoms with E-state index in [0.29, 0.717) is 34.4 Å². The topological polar surface area (TPSA) is 55.8 Å². The second-order valence-electron chi connectivity index (χ2n) is 6.08. The van der Waals surface area contributed by atoms with E-state index < -0.39 is 12.1 Å². The van der Waals surface area contributed by atoms with Gasteiger partial charge >= 0.3 is 5.97 Å². The highest BCUT2D eigenvalue weighted by Crippen LogP contribution is 2.28. The van der Waals surface area contributed by atoms with Gasteiger partial charge in [0.1, 0.15) is 5.75 Å². The molecule has 0 N–H and O–H groups in total. The van der Waals surface area contributed by atoms with E-state index in [0.717, 1.165) is 12.8 Å². The van der Waals surface area contributed by atoms with Crippen LogP contribution in [0.1, 0.15) is 34.9 Å². The Morgan fingerprint density at radius 2 is 1.77 bits per heavy atom. The smallest absolute Gasteiger partial charge is 0.339 e. The largest absolute Gasteiger partial charge is 0.496 e. The predicted octanol–water partition coefficient (Wildman–Crippen LogP) is 3.98. The second kappa shape index (κ2) is 8.36. The number of carbonyl (C=O) groups is 2. The van der Waals surface area contributed by atoms with Crippen molar-refractivity contribution >= 4 is 27.8 Å². The quantitative estimate of drug-likeness (QED) is 0.690. The first kappa shape index (κ1) is 18.5. The molecule has 2 aromatic carbocycles. The van der Waals surface area contributed by atoms with Gasteiger partial charge in [-0.1, -0.05) is 30.3 Å². The molecule has 0 bridgehead atoms. The number of benzene rings is 2. The lowest BCUT2D eigenvalue weighted by Crippen LogP contribution is -2.34. The van der Waals surface area contributed by atoms with Gasteiger partial charge in [0.15, 0.2) is 0 Å². The molecule has 3 rings (SSSR count). The Labute approximate surface area is 161 Å². The molecule has 6 heteroatoms. The van der Waals surface area contributed by atoms with Gasteiger partial charge in [0.2, 0.25) is 6.10 Å². The monoisotopic (exact) mass is 417 g/mol. The summed E-state index contributed by atoms with van der Waals surface area (Å²) in [5.74, 6) is -0.0984. The third-order valence-electron chi connectivity index (χ3n) is 4.36. The van der Waals surface area contributed by atoms with E-state index in [1.54, 1.807) is 42.3 Å². The highest BCUT2D eigenvalue weighted by Gasteiger charge is 2.31. The molecule has 5 nitrogen and oxygen atoms in total. The minimum absolute atomic E-state index is 0.172. The van der Waals surface area contributed by atoms with E-state index in [4.69, 9.17) is 9.47 Å². The van der Waals surface area contributed by atoms with Gasteiger partial charge in [0.05, 0.1) is 17.1 Å². The number of carbonyl (C=O) groups excluding carboxylic acids is 2. The van der Waals surface area contributed by atoms with Crippen molar-refractivity contribution in [1.82, 2.24) is 4.90 Å². The normalized spacial score (nSPS) is 14.8. The molecule has 0 aromatic heterocycles. The summed E-state index contributed by atoms with van der Waals surface area (Å²) in [5, 5.41) is 0. The number of esters is 1. The fourth-order valence-corrected chi connectivity index (χ4v) is 3.50. The van der Waals surface area contributed by atoms with Crippen LogP contribution in [-0.4, -0.2) is 37.0 Å². The van der Waals surface area contributed by atoms with Gasteiger partial charge in [-0.05, 0) is 47.0 Å². The van der Waals surface area contributed by atoms with Crippen LogP contribution < -0.4 is 4.74 Å². The molecule has 2 aromatic rings. The molecule has 1 aliphatic rings. The average Bonchev–Trinajstić information content (AvgIpc) is 3.21. The predicted molar refractivity (Wildman–Crippen MR) is 101 cm³/mol. The molecule has 0 spiro atoms. The Hall–Kier alpha value is -2.34. The lowest BCUT2D eigenvalue weighted by Gasteiger charge is -2.23. The third kappa shape index (κ3) is 4.07. The fraction of sp³-hybridized carbons (Fsp3) is 0.300. The number of rotatable bonds is 5. The molecule has 26 heavy (non-hydrogen) atoms. The molecule has 0 aliphatic carbocycles. The van der Waals surface area contributed by atoms with Gasteiger partial charge in [-0.15, -0.1) is 0 Å². The number of hydrogen-bond acceptors (Lipinski definition) is 4. The molecule has 0 unspecified atom stereocenters. The number of likely N-dealkylation sites (tertiary alicyclic amines) is 1. The van der Waals surface area contributed by atoms with E-state index in [1.165, 1.54) is 0 Å². The first-order valence-electron chi connectivity index (χ1n) is 8.48. The van der Waals surface area contributed by atoms with Gasteiger partial charge in [-0.3, -0.25) is 4.79 Å². The molecule has 1 aliphatic heterocycles. The van der Waals surface area contributed by atoms with Crippen molar-refractivity contribution in [2.24, 2.45) is 0 Å². The van der Waals surface area contributed by atoms with Crippen LogP contribution in [0.25, 0.3) is 0 Å². The molecule has 1 saturated heterocycles. The third-order valence-corrected chi connectivity index (χ3v) is 4.98. The molecule has 0 radical (unpaired) electrons. The van der Waals surface area contributed by atoms with Crippen LogP contribution in [0.5, 0.6) is 5.75 Å². The molecular formula is C20H20BrNO4. The summed E-state index contributed by atoms with van der Waals surface area (Å²) in [5.41, 5.74) is 1.03. The summed E-state index contributed by atoms with van der Waals surface area (Å²) >= 11 is 3.36. The molecule has 1 heterocycles. The first-order valence-corrected chi connectivity index (χ1v) is 9.27. The molecule has 1 fully saturated rings. The van der Waals surface area contributed by atoms with Crippen LogP contribution >= 0.6 is 15.9 Å². The minimum atomic E-state index is -0.942. The zero-order chi connectivity index (χ0) is 18.5. The van der Waals surface area contributed by atoms with E-state index in [-0.39, 0.29) is 5.91 Å². The Morgan fingerprint density at radius 3 is 2.38 bits per heavy atom. The fourth-order valence-electron chi connectivity index (χ4n) is 2.96. The van der Waals surface area contributed by atoms with Crippen molar-refractivity contribution < 1.29 is 19.1 Å². The minimum Gasteiger partial charge on any atom is -0.496 e. The summed E-state index contributed by atoms with van der Waals surface area (Å²) in [6, 6.07) is 14.1. The molecular weight excluding hydrogens is 398 g/mol. The second-order valence-corrected chi connectivity index (χ2v) is 6.93. The Morgan fingerprint density at radius 1 is 1.08 bits per heavy atom. The molecule has 1 atom stereocenters. The molecule has 0 saturated carbocycles. The molecule has 1 amide bonds. The maximum Gasteiger partial charge on any atom is 0.339 e. The summed E-state index contributed by atoms with van der Waals surface area (Å²) < 4.78 is 11.5. The summed E-state index contributed by atoms with van der Waals surface area (Å²) in [6.07, 6.45) is 1.02. The van der Waals surface area contributed by atoms with E-state index >= 15 is 0 Å². The van der Waals surface area contributed by atoms with Crippen molar-refractivity contribution in [3.63, 3.8) is 0 Å². The Balaban J connectivity index is 1.84. The lowest BCUT2D eigenvalue weighted by atomic mass is 10.1. The maximum absolute atomic E-state index is 12.9. The summed E-state index contributed by atoms with van der Waals surface area (Å²) in [6.45, 7) is 1.40. The van der Waals surface area contributed by atoms with Gasteiger partial charge < -0.3 is 14.4 Å². The number of ether oxygens (including phenoxy) is 2. The first-order chi connectivity index (χ1) is 12.6. The number of halogens is 1. The van der Waals surface area contributed by atoms with Crippen molar-refractivity contribution in [1.29, 1.82) is 0 Å². The Bertz CT molecular complexity index is 788. The summed E-state index contributed by atoms with van der Waals surface area (Å²) in [7, 11) is 1.55. The van der Waals surface area contributed by atoms with Crippen LogP contribution in [-0.2, 0) is 9.53 Å². The SMILES string of the molecule is COc1ccc(C(=O)O[C@@H](C(=O)N2CCCC2)c2ccccc2)cc1Br. The van der Waals surface area contributed by atoms with Gasteiger partial charge in [-0.2, -0.15) is 0 Å². The van der Waals surface area contributed by atoms with E-state index in [2.05, 4.69) is 15.9 Å². The zero-order valence-corrected chi connectivity index (χ0v) is 16.1. The number of hydrogen-bond donors (Lipinski definition) is 0. The van der Waals surface area contributed by atoms with Crippen LogP contribution in [0, 0.1) is 0 Å². The van der Waals surface area contributed by atoms with E-state index in [1.807, 2.05) is 18.2 Å². The van der Waals surface area contributed by atoms with Crippen LogP contribution in [0.2, 0.25) is 0 Å². The van der Waals surface area contributed by atoms with Gasteiger partial charge in [0, 0.05) is 18.7 Å². The highest BCUT2D eigenvalue weighted by molar-refractivity contribution is 9.10. The van der Waals surface area contributed by atoms with Crippen LogP contribution in [0.4, 0.5) is 0 Å². The summed E-state index contributed by atoms with van der Waals surface area (Å²) in [4.78, 5) is 27.3. The van der Waals surface area contributed by atoms with Gasteiger partial charge in [-0.25, -0.2) is 4.79 Å². The zero-order valence-electron chi connectivity index (χ0n) is 14.5. The number of amides is 1. The molecule has 136 valence electrons. The van der Waals surface area contributed by atoms with E-state index in [9.17, 15) is 9.59 Å². The maximum atomic E-state index is 12.9. The number of nitrogens with zero attached hydrogens (tertiary/aromatic N) is 1. The van der Waals surface area contributed by atoms with Crippen molar-refractivity contribution in [3.8, 4) is 5.75 Å². The van der Waals surface area contributed by atoms with Crippen molar-refractivity contribution in [3.05, 3.63) is 64.1 Å². The number of methoxy groups -OCH3 is 1. The average molecular weight is 418 g/mol. The highest BCUT2D eigenvalue weighted by atomic mass is 79.9. The van der Waals surface area contributed by atoms with Crippen molar-refractivity contribution in [2.45, 2.75) is 18.9 Å². The van der Waals surface area contributed by atoms with Crippen molar-refractivity contribution in [2.75, 3.05) is 20.2 Å². The Kier molecular flexibility index (Phi) is 5.93.